The zero-order valence-electron chi connectivity index (χ0n) is 18.9. The van der Waals surface area contributed by atoms with Crippen molar-refractivity contribution < 1.29 is 28.5 Å². The summed E-state index contributed by atoms with van der Waals surface area (Å²) in [5.41, 5.74) is 2.50. The van der Waals surface area contributed by atoms with Gasteiger partial charge in [0, 0.05) is 35.9 Å². The number of aliphatic hydroxyl groups excluding tert-OH is 1. The highest BCUT2D eigenvalue weighted by atomic mass is 16.7. The molecule has 5 atom stereocenters. The molecule has 1 saturated heterocycles. The number of anilines is 1. The maximum absolute atomic E-state index is 11.7. The van der Waals surface area contributed by atoms with E-state index >= 15 is 0 Å². The quantitative estimate of drug-likeness (QED) is 0.394. The number of benzene rings is 2. The average Bonchev–Trinajstić information content (AvgIpc) is 2.82. The predicted octanol–water partition coefficient (Wildman–Crippen LogP) is 3.37. The van der Waals surface area contributed by atoms with Gasteiger partial charge in [-0.2, -0.15) is 0 Å². The lowest BCUT2D eigenvalue weighted by atomic mass is 10.1. The topological polar surface area (TPSA) is 99.4 Å². The molecule has 1 aromatic heterocycles. The summed E-state index contributed by atoms with van der Waals surface area (Å²) in [6.45, 7) is 3.85. The molecule has 0 spiro atoms. The van der Waals surface area contributed by atoms with E-state index in [2.05, 4.69) is 5.32 Å². The lowest BCUT2D eigenvalue weighted by molar-refractivity contribution is -0.290. The van der Waals surface area contributed by atoms with Crippen molar-refractivity contribution in [2.45, 2.75) is 44.7 Å². The molecule has 2 N–H and O–H groups in total. The van der Waals surface area contributed by atoms with E-state index in [-0.39, 0.29) is 18.8 Å². The van der Waals surface area contributed by atoms with Crippen LogP contribution in [0.2, 0.25) is 0 Å². The predicted molar refractivity (Wildman–Crippen MR) is 123 cm³/mol. The van der Waals surface area contributed by atoms with Gasteiger partial charge in [-0.3, -0.25) is 0 Å². The molecule has 4 rings (SSSR count). The molecule has 0 saturated carbocycles. The first-order valence-corrected chi connectivity index (χ1v) is 10.9. The molecule has 0 bridgehead atoms. The Balaban J connectivity index is 1.43. The molecule has 176 valence electrons. The minimum Gasteiger partial charge on any atom is -0.423 e. The van der Waals surface area contributed by atoms with Crippen LogP contribution in [0, 0.1) is 6.92 Å². The van der Waals surface area contributed by atoms with Gasteiger partial charge in [0.15, 0.2) is 12.6 Å². The van der Waals surface area contributed by atoms with Crippen LogP contribution in [-0.4, -0.2) is 50.0 Å². The number of ether oxygens (including phenoxy) is 4. The molecule has 0 amide bonds. The van der Waals surface area contributed by atoms with Gasteiger partial charge in [-0.15, -0.1) is 0 Å². The summed E-state index contributed by atoms with van der Waals surface area (Å²) in [6.07, 6.45) is -1.87. The summed E-state index contributed by atoms with van der Waals surface area (Å²) in [5.74, 6) is 0. The van der Waals surface area contributed by atoms with Crippen LogP contribution >= 0.6 is 0 Å². The highest BCUT2D eigenvalue weighted by Gasteiger charge is 2.34. The average molecular weight is 456 g/mol. The van der Waals surface area contributed by atoms with E-state index < -0.39 is 24.2 Å². The summed E-state index contributed by atoms with van der Waals surface area (Å²) >= 11 is 0. The first-order chi connectivity index (χ1) is 16.0. The van der Waals surface area contributed by atoms with Gasteiger partial charge in [0.2, 0.25) is 0 Å². The second-order valence-corrected chi connectivity index (χ2v) is 8.09. The van der Waals surface area contributed by atoms with Crippen LogP contribution in [0.15, 0.2) is 63.8 Å². The van der Waals surface area contributed by atoms with Gasteiger partial charge in [0.25, 0.3) is 0 Å². The van der Waals surface area contributed by atoms with E-state index in [1.807, 2.05) is 56.3 Å². The Morgan fingerprint density at radius 1 is 1.18 bits per heavy atom. The largest absolute Gasteiger partial charge is 0.423 e. The van der Waals surface area contributed by atoms with E-state index in [4.69, 9.17) is 23.4 Å². The van der Waals surface area contributed by atoms with Crippen molar-refractivity contribution in [3.8, 4) is 0 Å². The van der Waals surface area contributed by atoms with Gasteiger partial charge in [-0.1, -0.05) is 30.3 Å². The summed E-state index contributed by atoms with van der Waals surface area (Å²) in [4.78, 5) is 11.7. The molecule has 0 aliphatic carbocycles. The molecule has 2 heterocycles. The van der Waals surface area contributed by atoms with Crippen molar-refractivity contribution in [1.29, 1.82) is 0 Å². The van der Waals surface area contributed by atoms with Crippen LogP contribution in [0.4, 0.5) is 5.69 Å². The SMILES string of the molecule is CO[C@@H](OC1COC(c2ccccc2)O[C@H]1C)[C@H](CO)Nc1ccc2c(C)cc(=O)oc2c1. The van der Waals surface area contributed by atoms with Crippen LogP contribution in [0.5, 0.6) is 0 Å². The Morgan fingerprint density at radius 3 is 2.67 bits per heavy atom. The van der Waals surface area contributed by atoms with Crippen LogP contribution < -0.4 is 10.9 Å². The number of rotatable bonds is 8. The van der Waals surface area contributed by atoms with E-state index in [0.717, 1.165) is 16.5 Å². The molecule has 0 radical (unpaired) electrons. The molecular formula is C25H29NO7. The summed E-state index contributed by atoms with van der Waals surface area (Å²) in [6, 6.07) is 16.0. The monoisotopic (exact) mass is 455 g/mol. The molecule has 33 heavy (non-hydrogen) atoms. The summed E-state index contributed by atoms with van der Waals surface area (Å²) in [5, 5.41) is 14.1. The third-order valence-electron chi connectivity index (χ3n) is 5.72. The fourth-order valence-electron chi connectivity index (χ4n) is 3.89. The first-order valence-electron chi connectivity index (χ1n) is 10.9. The Morgan fingerprint density at radius 2 is 1.97 bits per heavy atom. The van der Waals surface area contributed by atoms with Gasteiger partial charge < -0.3 is 33.8 Å². The Bertz CT molecular complexity index is 1120. The van der Waals surface area contributed by atoms with Crippen LogP contribution in [-0.2, 0) is 18.9 Å². The van der Waals surface area contributed by atoms with Crippen LogP contribution in [0.1, 0.15) is 24.3 Å². The minimum absolute atomic E-state index is 0.246. The fraction of sp³-hybridized carbons (Fsp3) is 0.400. The molecule has 2 aromatic carbocycles. The number of aliphatic hydroxyl groups is 1. The molecule has 8 nitrogen and oxygen atoms in total. The van der Waals surface area contributed by atoms with Crippen LogP contribution in [0.25, 0.3) is 11.0 Å². The summed E-state index contributed by atoms with van der Waals surface area (Å²) < 4.78 is 28.8. The maximum atomic E-state index is 11.7. The molecule has 1 aliphatic rings. The Kier molecular flexibility index (Phi) is 7.42. The molecule has 1 fully saturated rings. The number of methoxy groups -OCH3 is 1. The zero-order valence-corrected chi connectivity index (χ0v) is 18.9. The van der Waals surface area contributed by atoms with Gasteiger partial charge in [-0.05, 0) is 31.5 Å². The molecule has 1 aliphatic heterocycles. The normalized spacial score (nSPS) is 22.7. The lowest BCUT2D eigenvalue weighted by Gasteiger charge is -2.37. The second kappa shape index (κ2) is 10.5. The van der Waals surface area contributed by atoms with Crippen molar-refractivity contribution in [2.24, 2.45) is 0 Å². The molecule has 2 unspecified atom stereocenters. The van der Waals surface area contributed by atoms with Crippen molar-refractivity contribution >= 4 is 16.7 Å². The Hall–Kier alpha value is -2.75. The van der Waals surface area contributed by atoms with Gasteiger partial charge in [0.1, 0.15) is 17.7 Å². The standard InChI is InChI=1S/C25H29NO7/c1-15-11-23(28)32-21-12-18(9-10-19(15)21)26-20(13-27)25(29-3)33-22-14-30-24(31-16(22)2)17-7-5-4-6-8-17/h4-12,16,20,22,24-27H,13-14H2,1-3H3/t16-,20-,22?,24?,25-/m0/s1. The maximum Gasteiger partial charge on any atom is 0.336 e. The number of hydrogen-bond acceptors (Lipinski definition) is 8. The first kappa shape index (κ1) is 23.4. The molecule has 3 aromatic rings. The number of aryl methyl sites for hydroxylation is 1. The molecular weight excluding hydrogens is 426 g/mol. The molecule has 8 heteroatoms. The van der Waals surface area contributed by atoms with Crippen molar-refractivity contribution in [2.75, 3.05) is 25.6 Å². The number of fused-ring (bicyclic) bond motifs is 1. The van der Waals surface area contributed by atoms with Gasteiger partial charge in [-0.25, -0.2) is 4.79 Å². The third kappa shape index (κ3) is 5.43. The lowest BCUT2D eigenvalue weighted by Crippen LogP contribution is -2.48. The van der Waals surface area contributed by atoms with Gasteiger partial charge >= 0.3 is 5.63 Å². The highest BCUT2D eigenvalue weighted by molar-refractivity contribution is 5.83. The van der Waals surface area contributed by atoms with E-state index in [9.17, 15) is 9.90 Å². The third-order valence-corrected chi connectivity index (χ3v) is 5.72. The van der Waals surface area contributed by atoms with E-state index in [0.29, 0.717) is 17.9 Å². The van der Waals surface area contributed by atoms with Crippen molar-refractivity contribution in [3.63, 3.8) is 0 Å². The fourth-order valence-corrected chi connectivity index (χ4v) is 3.89. The number of hydrogen-bond donors (Lipinski definition) is 2. The smallest absolute Gasteiger partial charge is 0.336 e. The van der Waals surface area contributed by atoms with E-state index in [1.165, 1.54) is 13.2 Å². The van der Waals surface area contributed by atoms with E-state index in [1.54, 1.807) is 6.07 Å². The number of nitrogens with one attached hydrogen (secondary N) is 1. The van der Waals surface area contributed by atoms with Crippen LogP contribution in [0.3, 0.4) is 0 Å². The van der Waals surface area contributed by atoms with Gasteiger partial charge in [0.05, 0.1) is 19.3 Å². The second-order valence-electron chi connectivity index (χ2n) is 8.09. The van der Waals surface area contributed by atoms with Crippen molar-refractivity contribution in [3.05, 3.63) is 76.1 Å². The zero-order chi connectivity index (χ0) is 23.4. The minimum atomic E-state index is -0.775. The highest BCUT2D eigenvalue weighted by Crippen LogP contribution is 2.29. The Labute approximate surface area is 192 Å². The summed E-state index contributed by atoms with van der Waals surface area (Å²) in [7, 11) is 1.51. The van der Waals surface area contributed by atoms with Crippen molar-refractivity contribution in [1.82, 2.24) is 0 Å².